The van der Waals surface area contributed by atoms with Crippen molar-refractivity contribution in [3.05, 3.63) is 28.7 Å². The van der Waals surface area contributed by atoms with Crippen LogP contribution in [0.5, 0.6) is 0 Å². The number of piperidine rings is 2. The number of benzene rings is 1. The summed E-state index contributed by atoms with van der Waals surface area (Å²) in [5, 5.41) is 5.79. The number of carbonyl (C=O) groups excluding carboxylic acids is 2. The Morgan fingerprint density at radius 3 is 2.57 bits per heavy atom. The van der Waals surface area contributed by atoms with Crippen LogP contribution in [0.3, 0.4) is 0 Å². The van der Waals surface area contributed by atoms with Gasteiger partial charge in [-0.05, 0) is 44.5 Å². The summed E-state index contributed by atoms with van der Waals surface area (Å²) in [6.07, 6.45) is 2.99. The third kappa shape index (κ3) is 2.51. The van der Waals surface area contributed by atoms with Gasteiger partial charge in [-0.1, -0.05) is 6.07 Å². The predicted molar refractivity (Wildman–Crippen MR) is 105 cm³/mol. The van der Waals surface area contributed by atoms with E-state index in [1.54, 1.807) is 16.2 Å². The highest BCUT2D eigenvalue weighted by Crippen LogP contribution is 2.43. The first-order chi connectivity index (χ1) is 13.5. The fourth-order valence-electron chi connectivity index (χ4n) is 5.11. The maximum absolute atomic E-state index is 13.0. The number of nitrogens with one attached hydrogen (secondary N) is 2. The van der Waals surface area contributed by atoms with Gasteiger partial charge in [-0.2, -0.15) is 0 Å². The molecule has 1 aromatic carbocycles. The van der Waals surface area contributed by atoms with Gasteiger partial charge < -0.3 is 10.2 Å². The molecular formula is C20H25N5O3. The highest BCUT2D eigenvalue weighted by Gasteiger charge is 2.44. The second-order valence-electron chi connectivity index (χ2n) is 8.43. The first-order valence-corrected chi connectivity index (χ1v) is 9.98. The maximum Gasteiger partial charge on any atom is 0.329 e. The molecule has 1 spiro atoms. The number of nitrogens with zero attached hydrogens (tertiary/aromatic N) is 3. The van der Waals surface area contributed by atoms with Crippen molar-refractivity contribution in [3.8, 4) is 0 Å². The van der Waals surface area contributed by atoms with E-state index in [0.717, 1.165) is 42.9 Å². The summed E-state index contributed by atoms with van der Waals surface area (Å²) in [6, 6.07) is 5.26. The van der Waals surface area contributed by atoms with E-state index in [1.807, 2.05) is 12.1 Å². The van der Waals surface area contributed by atoms with Crippen LogP contribution in [-0.4, -0.2) is 47.1 Å². The van der Waals surface area contributed by atoms with Crippen LogP contribution in [0, 0.1) is 5.41 Å². The van der Waals surface area contributed by atoms with E-state index in [4.69, 9.17) is 0 Å². The molecule has 3 aliphatic heterocycles. The van der Waals surface area contributed by atoms with Crippen molar-refractivity contribution >= 4 is 28.5 Å². The summed E-state index contributed by atoms with van der Waals surface area (Å²) >= 11 is 0. The quantitative estimate of drug-likeness (QED) is 0.738. The molecule has 4 heterocycles. The zero-order valence-corrected chi connectivity index (χ0v) is 16.0. The molecule has 0 aliphatic carbocycles. The number of imidazole rings is 1. The van der Waals surface area contributed by atoms with Crippen LogP contribution in [0.25, 0.3) is 11.0 Å². The summed E-state index contributed by atoms with van der Waals surface area (Å²) in [7, 11) is 1.76. The van der Waals surface area contributed by atoms with Gasteiger partial charge in [0, 0.05) is 32.0 Å². The number of hydrogen-bond acceptors (Lipinski definition) is 5. The van der Waals surface area contributed by atoms with Crippen molar-refractivity contribution in [2.24, 2.45) is 12.5 Å². The van der Waals surface area contributed by atoms with E-state index in [1.165, 1.54) is 12.8 Å². The number of aromatic nitrogens is 2. The molecule has 1 atom stereocenters. The van der Waals surface area contributed by atoms with Gasteiger partial charge in [-0.15, -0.1) is 0 Å². The van der Waals surface area contributed by atoms with Crippen molar-refractivity contribution in [2.75, 3.05) is 31.1 Å². The average Bonchev–Trinajstić information content (AvgIpc) is 2.92. The second kappa shape index (κ2) is 6.20. The van der Waals surface area contributed by atoms with Crippen LogP contribution in [-0.2, 0) is 16.6 Å². The second-order valence-corrected chi connectivity index (χ2v) is 8.43. The number of fused-ring (bicyclic) bond motifs is 1. The lowest BCUT2D eigenvalue weighted by Crippen LogP contribution is -2.60. The molecule has 3 aliphatic rings. The molecule has 1 unspecified atom stereocenters. The van der Waals surface area contributed by atoms with Gasteiger partial charge in [-0.25, -0.2) is 4.79 Å². The zero-order chi connectivity index (χ0) is 19.5. The Balaban J connectivity index is 1.54. The molecule has 2 amide bonds. The van der Waals surface area contributed by atoms with Crippen LogP contribution in [0.4, 0.5) is 5.69 Å². The summed E-state index contributed by atoms with van der Waals surface area (Å²) in [5.74, 6) is -0.670. The summed E-state index contributed by atoms with van der Waals surface area (Å²) in [5.41, 5.74) is 2.84. The predicted octanol–water partition coefficient (Wildman–Crippen LogP) is 0.508. The molecule has 0 radical (unpaired) electrons. The van der Waals surface area contributed by atoms with Crippen LogP contribution in [0.2, 0.25) is 0 Å². The Labute approximate surface area is 162 Å². The molecule has 0 bridgehead atoms. The van der Waals surface area contributed by atoms with Gasteiger partial charge in [0.05, 0.1) is 16.7 Å². The maximum atomic E-state index is 13.0. The fourth-order valence-corrected chi connectivity index (χ4v) is 5.11. The summed E-state index contributed by atoms with van der Waals surface area (Å²) < 4.78 is 3.20. The van der Waals surface area contributed by atoms with Gasteiger partial charge in [-0.3, -0.25) is 24.0 Å². The zero-order valence-electron chi connectivity index (χ0n) is 16.0. The normalized spacial score (nSPS) is 24.5. The minimum absolute atomic E-state index is 0.214. The van der Waals surface area contributed by atoms with Crippen molar-refractivity contribution in [3.63, 3.8) is 0 Å². The Bertz CT molecular complexity index is 1020. The van der Waals surface area contributed by atoms with E-state index in [-0.39, 0.29) is 18.0 Å². The molecule has 3 saturated heterocycles. The van der Waals surface area contributed by atoms with Crippen LogP contribution in [0.1, 0.15) is 31.7 Å². The Morgan fingerprint density at radius 1 is 1.11 bits per heavy atom. The van der Waals surface area contributed by atoms with Gasteiger partial charge in [0.1, 0.15) is 6.04 Å². The number of hydrogen-bond donors (Lipinski definition) is 2. The molecule has 1 aromatic heterocycles. The minimum atomic E-state index is -0.642. The molecule has 8 heteroatoms. The molecule has 0 saturated carbocycles. The van der Waals surface area contributed by atoms with Crippen LogP contribution in [0.15, 0.2) is 23.0 Å². The monoisotopic (exact) mass is 383 g/mol. The minimum Gasteiger partial charge on any atom is -0.369 e. The number of rotatable bonds is 2. The third-order valence-electron chi connectivity index (χ3n) is 6.66. The van der Waals surface area contributed by atoms with Crippen LogP contribution >= 0.6 is 0 Å². The van der Waals surface area contributed by atoms with Crippen molar-refractivity contribution < 1.29 is 9.59 Å². The van der Waals surface area contributed by atoms with E-state index < -0.39 is 11.9 Å². The van der Waals surface area contributed by atoms with Crippen molar-refractivity contribution in [1.82, 2.24) is 19.8 Å². The Morgan fingerprint density at radius 2 is 1.86 bits per heavy atom. The first-order valence-electron chi connectivity index (χ1n) is 9.98. The molecule has 2 aromatic rings. The Hall–Kier alpha value is -2.61. The van der Waals surface area contributed by atoms with E-state index in [2.05, 4.69) is 21.6 Å². The molecule has 28 heavy (non-hydrogen) atoms. The molecule has 8 nitrogen and oxygen atoms in total. The Kier molecular flexibility index (Phi) is 3.87. The van der Waals surface area contributed by atoms with Gasteiger partial charge in [0.2, 0.25) is 11.8 Å². The van der Waals surface area contributed by atoms with E-state index >= 15 is 0 Å². The number of aryl methyl sites for hydroxylation is 1. The standard InChI is InChI=1S/C20H25N5O3/c1-23-17-13(24-11-20(12-24)7-9-21-10-8-20)3-2-4-14(17)25(19(23)28)15-5-6-16(26)22-18(15)27/h2-4,15,21H,5-12H2,1H3,(H,22,26,27). The highest BCUT2D eigenvalue weighted by molar-refractivity contribution is 6.00. The van der Waals surface area contributed by atoms with Gasteiger partial charge >= 0.3 is 5.69 Å². The van der Waals surface area contributed by atoms with Crippen molar-refractivity contribution in [2.45, 2.75) is 31.7 Å². The smallest absolute Gasteiger partial charge is 0.329 e. The topological polar surface area (TPSA) is 88.4 Å². The first kappa shape index (κ1) is 17.5. The molecule has 5 rings (SSSR count). The summed E-state index contributed by atoms with van der Waals surface area (Å²) in [4.78, 5) is 39.3. The van der Waals surface area contributed by atoms with E-state index in [9.17, 15) is 14.4 Å². The number of imide groups is 1. The third-order valence-corrected chi connectivity index (χ3v) is 6.66. The largest absolute Gasteiger partial charge is 0.369 e. The lowest BCUT2D eigenvalue weighted by Gasteiger charge is -2.53. The van der Waals surface area contributed by atoms with Crippen LogP contribution < -0.4 is 21.2 Å². The lowest BCUT2D eigenvalue weighted by atomic mass is 9.72. The molecule has 2 N–H and O–H groups in total. The van der Waals surface area contributed by atoms with E-state index in [0.29, 0.717) is 11.8 Å². The van der Waals surface area contributed by atoms with Gasteiger partial charge in [0.25, 0.3) is 0 Å². The number of carbonyl (C=O) groups is 2. The van der Waals surface area contributed by atoms with Crippen molar-refractivity contribution in [1.29, 1.82) is 0 Å². The summed E-state index contributed by atoms with van der Waals surface area (Å²) in [6.45, 7) is 4.15. The fraction of sp³-hybridized carbons (Fsp3) is 0.550. The molecule has 3 fully saturated rings. The lowest BCUT2D eigenvalue weighted by molar-refractivity contribution is -0.135. The molecular weight excluding hydrogens is 358 g/mol. The highest BCUT2D eigenvalue weighted by atomic mass is 16.2. The number of anilines is 1. The van der Waals surface area contributed by atoms with Gasteiger partial charge in [0.15, 0.2) is 0 Å². The number of amides is 2. The number of para-hydroxylation sites is 1. The average molecular weight is 383 g/mol. The SMILES string of the molecule is Cn1c(=O)n(C2CCC(=O)NC2=O)c2cccc(N3CC4(CCNCC4)C3)c21. The molecule has 148 valence electrons.